The molecular formula is C12H18CaO4. The topological polar surface area (TPSA) is 74.6 Å². The monoisotopic (exact) mass is 266 g/mol. The molecule has 0 aliphatic heterocycles. The number of carboxylic acids is 2. The molecule has 0 heterocycles. The van der Waals surface area contributed by atoms with Crippen molar-refractivity contribution in [2.75, 3.05) is 0 Å². The van der Waals surface area contributed by atoms with E-state index in [1.54, 1.807) is 24.3 Å². The van der Waals surface area contributed by atoms with E-state index in [1.807, 2.05) is 13.8 Å². The third-order valence-corrected chi connectivity index (χ3v) is 1.08. The molecule has 0 aliphatic rings. The molecule has 0 spiro atoms. The maximum absolute atomic E-state index is 9.75. The van der Waals surface area contributed by atoms with E-state index >= 15 is 0 Å². The van der Waals surface area contributed by atoms with E-state index in [9.17, 15) is 9.59 Å². The maximum atomic E-state index is 9.75. The molecule has 0 aromatic heterocycles. The van der Waals surface area contributed by atoms with Gasteiger partial charge in [0.15, 0.2) is 0 Å². The second-order valence-electron chi connectivity index (χ2n) is 2.45. The zero-order valence-corrected chi connectivity index (χ0v) is 12.2. The van der Waals surface area contributed by atoms with Crippen LogP contribution in [0.2, 0.25) is 0 Å². The van der Waals surface area contributed by atoms with Crippen molar-refractivity contribution in [1.29, 1.82) is 0 Å². The Labute approximate surface area is 134 Å². The van der Waals surface area contributed by atoms with E-state index < -0.39 is 11.9 Å². The van der Waals surface area contributed by atoms with Gasteiger partial charge in [-0.2, -0.15) is 0 Å². The van der Waals surface area contributed by atoms with Crippen LogP contribution >= 0.6 is 0 Å². The molecule has 0 bridgehead atoms. The first-order valence-corrected chi connectivity index (χ1v) is 4.59. The molecule has 5 heteroatoms. The van der Waals surface area contributed by atoms with Crippen LogP contribution in [0.1, 0.15) is 16.7 Å². The van der Waals surface area contributed by atoms with Crippen LogP contribution in [-0.4, -0.2) is 59.9 Å². The maximum Gasteiger partial charge on any atom is 2.00 e. The Balaban J connectivity index is -0.0000000594. The Kier molecular flexibility index (Phi) is 22.1. The zero-order chi connectivity index (χ0) is 12.8. The van der Waals surface area contributed by atoms with Crippen molar-refractivity contribution in [3.05, 3.63) is 48.6 Å². The minimum Gasteiger partial charge on any atom is -1.00 e. The summed E-state index contributed by atoms with van der Waals surface area (Å²) >= 11 is 0. The first-order valence-electron chi connectivity index (χ1n) is 4.59. The fourth-order valence-corrected chi connectivity index (χ4v) is 0.498. The van der Waals surface area contributed by atoms with Crippen molar-refractivity contribution in [2.24, 2.45) is 0 Å². The summed E-state index contributed by atoms with van der Waals surface area (Å²) in [6, 6.07) is 0. The van der Waals surface area contributed by atoms with Crippen LogP contribution in [-0.2, 0) is 9.59 Å². The fourth-order valence-electron chi connectivity index (χ4n) is 0.498. The predicted molar refractivity (Wildman–Crippen MR) is 71.2 cm³/mol. The molecule has 0 aromatic rings. The SMILES string of the molecule is C/C=C/C=C/C(=O)O.C/C=C/C=C/C(=O)O.[Ca+2].[H-].[H-]. The van der Waals surface area contributed by atoms with Gasteiger partial charge >= 0.3 is 49.7 Å². The van der Waals surface area contributed by atoms with Crippen LogP contribution in [0.15, 0.2) is 48.6 Å². The average Bonchev–Trinajstić information content (AvgIpc) is 2.18. The van der Waals surface area contributed by atoms with Crippen LogP contribution in [0.3, 0.4) is 0 Å². The van der Waals surface area contributed by atoms with E-state index in [0.29, 0.717) is 0 Å². The summed E-state index contributed by atoms with van der Waals surface area (Å²) in [6.07, 6.45) is 12.0. The Morgan fingerprint density at radius 3 is 1.29 bits per heavy atom. The van der Waals surface area contributed by atoms with Crippen LogP contribution in [0.4, 0.5) is 0 Å². The molecular weight excluding hydrogens is 248 g/mol. The number of allylic oxidation sites excluding steroid dienone is 6. The summed E-state index contributed by atoms with van der Waals surface area (Å²) in [5, 5.41) is 16.0. The standard InChI is InChI=1S/2C6H8O2.Ca.2H/c2*1-2-3-4-5-6(7)8;;;/h2*2-5H,1H3,(H,7,8);;;/q;;+2;2*-1/b2*3-2+,5-4+;;;. The molecule has 0 radical (unpaired) electrons. The third kappa shape index (κ3) is 31.3. The third-order valence-electron chi connectivity index (χ3n) is 1.08. The molecule has 0 saturated heterocycles. The Bertz CT molecular complexity index is 292. The smallest absolute Gasteiger partial charge is 1.00 e. The van der Waals surface area contributed by atoms with Gasteiger partial charge in [0.05, 0.1) is 0 Å². The molecule has 0 aliphatic carbocycles. The van der Waals surface area contributed by atoms with Gasteiger partial charge < -0.3 is 13.1 Å². The molecule has 4 nitrogen and oxygen atoms in total. The van der Waals surface area contributed by atoms with Gasteiger partial charge in [-0.1, -0.05) is 36.5 Å². The summed E-state index contributed by atoms with van der Waals surface area (Å²) < 4.78 is 0. The van der Waals surface area contributed by atoms with Gasteiger partial charge in [-0.15, -0.1) is 0 Å². The van der Waals surface area contributed by atoms with Crippen LogP contribution in [0.25, 0.3) is 0 Å². The summed E-state index contributed by atoms with van der Waals surface area (Å²) in [7, 11) is 0. The second kappa shape index (κ2) is 17.6. The van der Waals surface area contributed by atoms with Crippen molar-refractivity contribution < 1.29 is 22.7 Å². The van der Waals surface area contributed by atoms with E-state index in [0.717, 1.165) is 12.2 Å². The molecule has 2 N–H and O–H groups in total. The first kappa shape index (κ1) is 21.4. The van der Waals surface area contributed by atoms with Gasteiger partial charge in [0.25, 0.3) is 0 Å². The molecule has 0 rings (SSSR count). The van der Waals surface area contributed by atoms with Crippen molar-refractivity contribution in [2.45, 2.75) is 13.8 Å². The Morgan fingerprint density at radius 2 is 1.12 bits per heavy atom. The minimum atomic E-state index is -0.914. The van der Waals surface area contributed by atoms with Gasteiger partial charge in [0, 0.05) is 12.2 Å². The van der Waals surface area contributed by atoms with Crippen molar-refractivity contribution in [3.63, 3.8) is 0 Å². The van der Waals surface area contributed by atoms with Gasteiger partial charge in [-0.05, 0) is 13.8 Å². The molecule has 0 unspecified atom stereocenters. The summed E-state index contributed by atoms with van der Waals surface area (Å²) in [4.78, 5) is 19.5. The van der Waals surface area contributed by atoms with Gasteiger partial charge in [-0.25, -0.2) is 9.59 Å². The van der Waals surface area contributed by atoms with Crippen molar-refractivity contribution in [3.8, 4) is 0 Å². The molecule has 17 heavy (non-hydrogen) atoms. The summed E-state index contributed by atoms with van der Waals surface area (Å²) in [5.74, 6) is -1.83. The van der Waals surface area contributed by atoms with E-state index in [-0.39, 0.29) is 40.6 Å². The summed E-state index contributed by atoms with van der Waals surface area (Å²) in [5.41, 5.74) is 0. The predicted octanol–water partition coefficient (Wildman–Crippen LogP) is 2.25. The molecule has 0 fully saturated rings. The quantitative estimate of drug-likeness (QED) is 0.465. The molecule has 0 atom stereocenters. The molecule has 0 saturated carbocycles. The number of hydrogen-bond donors (Lipinski definition) is 2. The van der Waals surface area contributed by atoms with Gasteiger partial charge in [0.1, 0.15) is 0 Å². The molecule has 0 amide bonds. The van der Waals surface area contributed by atoms with Gasteiger partial charge in [0.2, 0.25) is 0 Å². The normalized spacial score (nSPS) is 10.5. The Morgan fingerprint density at radius 1 is 0.824 bits per heavy atom. The van der Waals surface area contributed by atoms with E-state index in [2.05, 4.69) is 0 Å². The number of carbonyl (C=O) groups is 2. The number of rotatable bonds is 4. The molecule has 0 aromatic carbocycles. The number of aliphatic carboxylic acids is 2. The Hall–Kier alpha value is -0.840. The molecule has 92 valence electrons. The minimum absolute atomic E-state index is 0. The number of carboxylic acid groups (broad SMARTS) is 2. The van der Waals surface area contributed by atoms with Crippen LogP contribution in [0.5, 0.6) is 0 Å². The van der Waals surface area contributed by atoms with Crippen LogP contribution in [0, 0.1) is 0 Å². The largest absolute Gasteiger partial charge is 2.00 e. The van der Waals surface area contributed by atoms with E-state index in [1.165, 1.54) is 12.2 Å². The van der Waals surface area contributed by atoms with Crippen molar-refractivity contribution >= 4 is 49.7 Å². The number of hydrogen-bond acceptors (Lipinski definition) is 2. The average molecular weight is 266 g/mol. The fraction of sp³-hybridized carbons (Fsp3) is 0.167. The first-order chi connectivity index (χ1) is 7.54. The zero-order valence-electron chi connectivity index (χ0n) is 12.0. The van der Waals surface area contributed by atoms with Gasteiger partial charge in [-0.3, -0.25) is 0 Å². The van der Waals surface area contributed by atoms with E-state index in [4.69, 9.17) is 10.2 Å². The van der Waals surface area contributed by atoms with Crippen LogP contribution < -0.4 is 0 Å². The summed E-state index contributed by atoms with van der Waals surface area (Å²) in [6.45, 7) is 3.65. The van der Waals surface area contributed by atoms with Crippen molar-refractivity contribution in [1.82, 2.24) is 0 Å². The second-order valence-corrected chi connectivity index (χ2v) is 2.45.